The van der Waals surface area contributed by atoms with E-state index in [4.69, 9.17) is 4.42 Å². The van der Waals surface area contributed by atoms with E-state index >= 15 is 0 Å². The third-order valence-corrected chi connectivity index (χ3v) is 7.85. The lowest BCUT2D eigenvalue weighted by atomic mass is 10.2. The highest BCUT2D eigenvalue weighted by molar-refractivity contribution is 7.92. The van der Waals surface area contributed by atoms with Gasteiger partial charge in [0.25, 0.3) is 0 Å². The largest absolute Gasteiger partial charge is 0.441 e. The highest BCUT2D eigenvalue weighted by Gasteiger charge is 2.30. The molecule has 0 unspecified atom stereocenters. The summed E-state index contributed by atoms with van der Waals surface area (Å²) in [6.45, 7) is 0. The van der Waals surface area contributed by atoms with Crippen LogP contribution in [0, 0.1) is 0 Å². The smallest absolute Gasteiger partial charge is 0.224 e. The fraction of sp³-hybridized carbons (Fsp3) is 0.333. The second kappa shape index (κ2) is 9.47. The highest BCUT2D eigenvalue weighted by Crippen LogP contribution is 2.30. The maximum Gasteiger partial charge on any atom is 0.224 e. The summed E-state index contributed by atoms with van der Waals surface area (Å²) in [6.07, 6.45) is 6.47. The normalized spacial score (nSPS) is 14.6. The van der Waals surface area contributed by atoms with Crippen LogP contribution in [0.2, 0.25) is 0 Å². The molecule has 3 aromatic rings. The Morgan fingerprint density at radius 2 is 1.84 bits per heavy atom. The fourth-order valence-corrected chi connectivity index (χ4v) is 5.83. The van der Waals surface area contributed by atoms with E-state index in [2.05, 4.69) is 10.3 Å². The average Bonchev–Trinajstić information content (AvgIpc) is 3.47. The molecule has 2 aromatic carbocycles. The number of sulfone groups is 1. The second-order valence-electron chi connectivity index (χ2n) is 7.87. The van der Waals surface area contributed by atoms with E-state index in [0.29, 0.717) is 49.4 Å². The summed E-state index contributed by atoms with van der Waals surface area (Å²) in [5.41, 5.74) is 1.47. The van der Waals surface area contributed by atoms with E-state index in [-0.39, 0.29) is 16.1 Å². The van der Waals surface area contributed by atoms with Crippen molar-refractivity contribution < 1.29 is 17.6 Å². The van der Waals surface area contributed by atoms with Crippen molar-refractivity contribution in [2.75, 3.05) is 5.32 Å². The first-order valence-electron chi connectivity index (χ1n) is 10.7. The molecule has 1 aromatic heterocycles. The number of carbonyl (C=O) groups is 1. The Balaban J connectivity index is 1.30. The molecule has 1 amide bonds. The molecule has 1 N–H and O–H groups in total. The first-order chi connectivity index (χ1) is 15.0. The van der Waals surface area contributed by atoms with Crippen molar-refractivity contribution in [2.24, 2.45) is 0 Å². The van der Waals surface area contributed by atoms with Gasteiger partial charge in [0.2, 0.25) is 5.91 Å². The lowest BCUT2D eigenvalue weighted by Crippen LogP contribution is -2.18. The zero-order valence-electron chi connectivity index (χ0n) is 17.3. The quantitative estimate of drug-likeness (QED) is 0.533. The Bertz CT molecular complexity index is 1130. The fourth-order valence-electron chi connectivity index (χ4n) is 3.93. The molecular formula is C24H26N2O4S. The van der Waals surface area contributed by atoms with Crippen molar-refractivity contribution >= 4 is 21.4 Å². The van der Waals surface area contributed by atoms with Crippen LogP contribution in [0.15, 0.2) is 70.1 Å². The Morgan fingerprint density at radius 3 is 2.61 bits per heavy atom. The van der Waals surface area contributed by atoms with Gasteiger partial charge in [0.05, 0.1) is 16.3 Å². The third kappa shape index (κ3) is 5.22. The molecule has 7 heteroatoms. The van der Waals surface area contributed by atoms with Gasteiger partial charge in [-0.1, -0.05) is 49.2 Å². The van der Waals surface area contributed by atoms with Crippen LogP contribution in [0.1, 0.15) is 44.4 Å². The molecule has 0 atom stereocenters. The summed E-state index contributed by atoms with van der Waals surface area (Å²) in [6, 6.07) is 16.3. The van der Waals surface area contributed by atoms with Crippen molar-refractivity contribution in [1.29, 1.82) is 0 Å². The second-order valence-corrected chi connectivity index (χ2v) is 10.1. The van der Waals surface area contributed by atoms with Crippen molar-refractivity contribution in [1.82, 2.24) is 4.98 Å². The molecule has 4 rings (SSSR count). The van der Waals surface area contributed by atoms with Crippen molar-refractivity contribution in [3.63, 3.8) is 0 Å². The zero-order chi connectivity index (χ0) is 21.7. The Labute approximate surface area is 182 Å². The summed E-state index contributed by atoms with van der Waals surface area (Å²) in [4.78, 5) is 16.9. The summed E-state index contributed by atoms with van der Waals surface area (Å²) in [5, 5.41) is 2.50. The lowest BCUT2D eigenvalue weighted by Gasteiger charge is -2.12. The monoisotopic (exact) mass is 438 g/mol. The highest BCUT2D eigenvalue weighted by atomic mass is 32.2. The molecule has 31 heavy (non-hydrogen) atoms. The van der Waals surface area contributed by atoms with Crippen molar-refractivity contribution in [3.8, 4) is 11.3 Å². The minimum Gasteiger partial charge on any atom is -0.441 e. The van der Waals surface area contributed by atoms with Crippen LogP contribution in [0.25, 0.3) is 11.3 Å². The molecule has 0 spiro atoms. The first-order valence-corrected chi connectivity index (χ1v) is 12.2. The summed E-state index contributed by atoms with van der Waals surface area (Å²) < 4.78 is 31.3. The number of nitrogens with zero attached hydrogens (tertiary/aromatic N) is 1. The van der Waals surface area contributed by atoms with Gasteiger partial charge in [-0.05, 0) is 37.5 Å². The van der Waals surface area contributed by atoms with Crippen LogP contribution >= 0.6 is 0 Å². The topological polar surface area (TPSA) is 89.3 Å². The molecule has 0 radical (unpaired) electrons. The number of hydrogen-bond donors (Lipinski definition) is 1. The molecule has 1 aliphatic rings. The molecule has 0 aliphatic heterocycles. The maximum atomic E-state index is 12.8. The molecule has 1 fully saturated rings. The van der Waals surface area contributed by atoms with Gasteiger partial charge in [-0.2, -0.15) is 0 Å². The molecule has 1 saturated carbocycles. The average molecular weight is 439 g/mol. The molecule has 0 saturated heterocycles. The van der Waals surface area contributed by atoms with Crippen molar-refractivity contribution in [3.05, 3.63) is 66.7 Å². The number of rotatable bonds is 8. The molecule has 162 valence electrons. The summed E-state index contributed by atoms with van der Waals surface area (Å²) >= 11 is 0. The van der Waals surface area contributed by atoms with Crippen LogP contribution in [-0.4, -0.2) is 24.6 Å². The minimum absolute atomic E-state index is 0.162. The van der Waals surface area contributed by atoms with E-state index < -0.39 is 9.84 Å². The van der Waals surface area contributed by atoms with E-state index in [9.17, 15) is 13.2 Å². The van der Waals surface area contributed by atoms with Gasteiger partial charge in [-0.3, -0.25) is 4.79 Å². The van der Waals surface area contributed by atoms with Crippen LogP contribution in [0.3, 0.4) is 0 Å². The number of hydrogen-bond acceptors (Lipinski definition) is 5. The molecular weight excluding hydrogens is 412 g/mol. The zero-order valence-corrected chi connectivity index (χ0v) is 18.1. The number of nitrogens with one attached hydrogen (secondary N) is 1. The number of benzene rings is 2. The summed E-state index contributed by atoms with van der Waals surface area (Å²) in [7, 11) is -3.34. The number of aryl methyl sites for hydroxylation is 1. The minimum atomic E-state index is -3.34. The predicted molar refractivity (Wildman–Crippen MR) is 119 cm³/mol. The first kappa shape index (κ1) is 21.3. The van der Waals surface area contributed by atoms with Gasteiger partial charge in [0, 0.05) is 24.1 Å². The maximum absolute atomic E-state index is 12.8. The lowest BCUT2D eigenvalue weighted by molar-refractivity contribution is -0.116. The van der Waals surface area contributed by atoms with E-state index in [1.54, 1.807) is 30.5 Å². The number of amides is 1. The number of oxazole rings is 1. The van der Waals surface area contributed by atoms with Gasteiger partial charge < -0.3 is 9.73 Å². The van der Waals surface area contributed by atoms with Crippen molar-refractivity contribution in [2.45, 2.75) is 55.1 Å². The molecule has 1 aliphatic carbocycles. The van der Waals surface area contributed by atoms with Crippen LogP contribution in [0.4, 0.5) is 5.69 Å². The standard InChI is InChI=1S/C24H26N2O4S/c27-23(14-7-15-24-25-17-22(30-24)18-8-2-1-3-9-18)26-19-10-6-13-21(16-19)31(28,29)20-11-4-5-12-20/h1-3,6,8-10,13,16-17,20H,4-5,7,11-12,14-15H2,(H,26,27). The number of aromatic nitrogens is 1. The Morgan fingerprint density at radius 1 is 1.06 bits per heavy atom. The van der Waals surface area contributed by atoms with E-state index in [1.165, 1.54) is 0 Å². The molecule has 0 bridgehead atoms. The Kier molecular flexibility index (Phi) is 6.51. The predicted octanol–water partition coefficient (Wildman–Crippen LogP) is 5.02. The van der Waals surface area contributed by atoms with Crippen LogP contribution in [0.5, 0.6) is 0 Å². The van der Waals surface area contributed by atoms with Crippen LogP contribution in [-0.2, 0) is 21.1 Å². The SMILES string of the molecule is O=C(CCCc1ncc(-c2ccccc2)o1)Nc1cccc(S(=O)(=O)C2CCCC2)c1. The van der Waals surface area contributed by atoms with E-state index in [1.807, 2.05) is 30.3 Å². The molecule has 6 nitrogen and oxygen atoms in total. The number of carbonyl (C=O) groups excluding carboxylic acids is 1. The Hall–Kier alpha value is -2.93. The van der Waals surface area contributed by atoms with Gasteiger partial charge >= 0.3 is 0 Å². The number of anilines is 1. The van der Waals surface area contributed by atoms with Gasteiger partial charge in [-0.25, -0.2) is 13.4 Å². The van der Waals surface area contributed by atoms with E-state index in [0.717, 1.165) is 18.4 Å². The van der Waals surface area contributed by atoms with Gasteiger partial charge in [0.1, 0.15) is 0 Å². The summed E-state index contributed by atoms with van der Waals surface area (Å²) in [5.74, 6) is 1.14. The van der Waals surface area contributed by atoms with Gasteiger partial charge in [0.15, 0.2) is 21.5 Å². The molecule has 1 heterocycles. The van der Waals surface area contributed by atoms with Gasteiger partial charge in [-0.15, -0.1) is 0 Å². The van der Waals surface area contributed by atoms with Crippen LogP contribution < -0.4 is 5.32 Å². The third-order valence-electron chi connectivity index (χ3n) is 5.59.